The van der Waals surface area contributed by atoms with Crippen LogP contribution in [0, 0.1) is 0 Å². The average molecular weight is 335 g/mol. The third kappa shape index (κ3) is 3.51. The minimum absolute atomic E-state index is 0.183. The lowest BCUT2D eigenvalue weighted by Crippen LogP contribution is -2.23. The number of amides is 1. The minimum Gasteiger partial charge on any atom is -0.456 e. The van der Waals surface area contributed by atoms with Crippen molar-refractivity contribution in [1.82, 2.24) is 5.32 Å². The Morgan fingerprint density at radius 3 is 2.80 bits per heavy atom. The normalized spacial score (nSPS) is 10.1. The lowest BCUT2D eigenvalue weighted by molar-refractivity contribution is 0.0953. The highest BCUT2D eigenvalue weighted by Crippen LogP contribution is 2.29. The lowest BCUT2D eigenvalue weighted by Gasteiger charge is -2.12. The highest BCUT2D eigenvalue weighted by Gasteiger charge is 2.13. The second kappa shape index (κ2) is 6.43. The largest absolute Gasteiger partial charge is 0.456 e. The number of ether oxygens (including phenoxy) is 1. The second-order valence-corrected chi connectivity index (χ2v) is 5.09. The van der Waals surface area contributed by atoms with Gasteiger partial charge in [-0.3, -0.25) is 4.79 Å². The monoisotopic (exact) mass is 334 g/mol. The van der Waals surface area contributed by atoms with E-state index in [-0.39, 0.29) is 5.91 Å². The standard InChI is InChI=1S/C15H15BrN2O2/c1-2-18-15(19)13-7-6-11(17)9-14(13)20-12-5-3-4-10(16)8-12/h3-9H,2,17H2,1H3,(H,18,19). The average Bonchev–Trinajstić information content (AvgIpc) is 2.39. The molecule has 2 aromatic rings. The van der Waals surface area contributed by atoms with Crippen LogP contribution in [0.2, 0.25) is 0 Å². The molecule has 5 heteroatoms. The zero-order valence-electron chi connectivity index (χ0n) is 11.0. The lowest BCUT2D eigenvalue weighted by atomic mass is 10.1. The van der Waals surface area contributed by atoms with Crippen molar-refractivity contribution in [1.29, 1.82) is 0 Å². The summed E-state index contributed by atoms with van der Waals surface area (Å²) in [6.45, 7) is 2.42. The van der Waals surface area contributed by atoms with E-state index in [1.165, 1.54) is 0 Å². The molecular weight excluding hydrogens is 320 g/mol. The Labute approximate surface area is 126 Å². The summed E-state index contributed by atoms with van der Waals surface area (Å²) in [6.07, 6.45) is 0. The van der Waals surface area contributed by atoms with E-state index in [9.17, 15) is 4.79 Å². The van der Waals surface area contributed by atoms with E-state index in [0.29, 0.717) is 29.3 Å². The molecule has 1 amide bonds. The molecule has 2 aromatic carbocycles. The molecule has 0 atom stereocenters. The first-order valence-corrected chi connectivity index (χ1v) is 7.00. The van der Waals surface area contributed by atoms with Gasteiger partial charge in [-0.1, -0.05) is 22.0 Å². The van der Waals surface area contributed by atoms with Gasteiger partial charge in [0.25, 0.3) is 5.91 Å². The van der Waals surface area contributed by atoms with Gasteiger partial charge in [0.2, 0.25) is 0 Å². The molecule has 0 unspecified atom stereocenters. The summed E-state index contributed by atoms with van der Waals surface area (Å²) in [6, 6.07) is 12.4. The van der Waals surface area contributed by atoms with Crippen molar-refractivity contribution in [2.24, 2.45) is 0 Å². The van der Waals surface area contributed by atoms with Gasteiger partial charge in [0.05, 0.1) is 5.56 Å². The van der Waals surface area contributed by atoms with E-state index in [0.717, 1.165) is 4.47 Å². The molecule has 104 valence electrons. The van der Waals surface area contributed by atoms with Gasteiger partial charge in [-0.2, -0.15) is 0 Å². The molecule has 0 fully saturated rings. The van der Waals surface area contributed by atoms with Crippen LogP contribution in [-0.2, 0) is 0 Å². The highest BCUT2D eigenvalue weighted by atomic mass is 79.9. The first-order chi connectivity index (χ1) is 9.60. The summed E-state index contributed by atoms with van der Waals surface area (Å²) >= 11 is 3.38. The molecule has 2 rings (SSSR count). The molecule has 3 N–H and O–H groups in total. The van der Waals surface area contributed by atoms with E-state index < -0.39 is 0 Å². The van der Waals surface area contributed by atoms with Crippen molar-refractivity contribution in [3.8, 4) is 11.5 Å². The number of anilines is 1. The predicted molar refractivity (Wildman–Crippen MR) is 83.1 cm³/mol. The Hall–Kier alpha value is -2.01. The molecule has 4 nitrogen and oxygen atoms in total. The summed E-state index contributed by atoms with van der Waals surface area (Å²) in [5.41, 5.74) is 6.77. The number of carbonyl (C=O) groups excluding carboxylic acids is 1. The van der Waals surface area contributed by atoms with Gasteiger partial charge in [0.1, 0.15) is 11.5 Å². The molecule has 0 aliphatic carbocycles. The minimum atomic E-state index is -0.183. The molecule has 0 heterocycles. The van der Waals surface area contributed by atoms with Crippen molar-refractivity contribution in [2.75, 3.05) is 12.3 Å². The van der Waals surface area contributed by atoms with Crippen molar-refractivity contribution < 1.29 is 9.53 Å². The fraction of sp³-hybridized carbons (Fsp3) is 0.133. The summed E-state index contributed by atoms with van der Waals surface area (Å²) in [7, 11) is 0. The molecule has 0 aromatic heterocycles. The van der Waals surface area contributed by atoms with E-state index in [1.54, 1.807) is 18.2 Å². The van der Waals surface area contributed by atoms with E-state index in [4.69, 9.17) is 10.5 Å². The topological polar surface area (TPSA) is 64.4 Å². The molecular formula is C15H15BrN2O2. The van der Waals surface area contributed by atoms with Crippen LogP contribution in [0.5, 0.6) is 11.5 Å². The molecule has 0 spiro atoms. The maximum absolute atomic E-state index is 12.0. The second-order valence-electron chi connectivity index (χ2n) is 4.17. The Balaban J connectivity index is 2.34. The number of carbonyl (C=O) groups is 1. The van der Waals surface area contributed by atoms with Crippen LogP contribution in [0.4, 0.5) is 5.69 Å². The van der Waals surface area contributed by atoms with E-state index in [1.807, 2.05) is 31.2 Å². The van der Waals surface area contributed by atoms with Crippen LogP contribution < -0.4 is 15.8 Å². The number of hydrogen-bond acceptors (Lipinski definition) is 3. The number of nitrogens with two attached hydrogens (primary N) is 1. The highest BCUT2D eigenvalue weighted by molar-refractivity contribution is 9.10. The SMILES string of the molecule is CCNC(=O)c1ccc(N)cc1Oc1cccc(Br)c1. The first kappa shape index (κ1) is 14.4. The number of nitrogen functional groups attached to an aromatic ring is 1. The number of rotatable bonds is 4. The van der Waals surface area contributed by atoms with Gasteiger partial charge in [-0.15, -0.1) is 0 Å². The van der Waals surface area contributed by atoms with E-state index >= 15 is 0 Å². The maximum Gasteiger partial charge on any atom is 0.255 e. The van der Waals surface area contributed by atoms with Gasteiger partial charge < -0.3 is 15.8 Å². The number of halogens is 1. The summed E-state index contributed by atoms with van der Waals surface area (Å²) in [5.74, 6) is 0.891. The quantitative estimate of drug-likeness (QED) is 0.840. The molecule has 0 aliphatic rings. The number of nitrogens with one attached hydrogen (secondary N) is 1. The molecule has 0 radical (unpaired) electrons. The molecule has 0 saturated carbocycles. The third-order valence-electron chi connectivity index (χ3n) is 2.61. The number of benzene rings is 2. The first-order valence-electron chi connectivity index (χ1n) is 6.21. The smallest absolute Gasteiger partial charge is 0.255 e. The Kier molecular flexibility index (Phi) is 4.63. The van der Waals surface area contributed by atoms with Crippen molar-refractivity contribution in [3.63, 3.8) is 0 Å². The van der Waals surface area contributed by atoms with Crippen LogP contribution in [0.1, 0.15) is 17.3 Å². The Morgan fingerprint density at radius 2 is 2.10 bits per heavy atom. The van der Waals surface area contributed by atoms with Crippen LogP contribution in [-0.4, -0.2) is 12.5 Å². The maximum atomic E-state index is 12.0. The van der Waals surface area contributed by atoms with Gasteiger partial charge in [-0.25, -0.2) is 0 Å². The Morgan fingerprint density at radius 1 is 1.30 bits per heavy atom. The van der Waals surface area contributed by atoms with Crippen molar-refractivity contribution >= 4 is 27.5 Å². The third-order valence-corrected chi connectivity index (χ3v) is 3.10. The molecule has 0 bridgehead atoms. The van der Waals surface area contributed by atoms with Gasteiger partial charge in [0, 0.05) is 22.8 Å². The zero-order chi connectivity index (χ0) is 14.5. The molecule has 20 heavy (non-hydrogen) atoms. The summed E-state index contributed by atoms with van der Waals surface area (Å²) < 4.78 is 6.67. The molecule has 0 saturated heterocycles. The van der Waals surface area contributed by atoms with Crippen LogP contribution in [0.25, 0.3) is 0 Å². The predicted octanol–water partition coefficient (Wildman–Crippen LogP) is 3.57. The van der Waals surface area contributed by atoms with E-state index in [2.05, 4.69) is 21.2 Å². The van der Waals surface area contributed by atoms with Crippen LogP contribution in [0.15, 0.2) is 46.9 Å². The van der Waals surface area contributed by atoms with Crippen LogP contribution >= 0.6 is 15.9 Å². The summed E-state index contributed by atoms with van der Waals surface area (Å²) in [5, 5.41) is 2.75. The van der Waals surface area contributed by atoms with Crippen LogP contribution in [0.3, 0.4) is 0 Å². The fourth-order valence-corrected chi connectivity index (χ4v) is 2.10. The zero-order valence-corrected chi connectivity index (χ0v) is 12.6. The van der Waals surface area contributed by atoms with Crippen molar-refractivity contribution in [2.45, 2.75) is 6.92 Å². The van der Waals surface area contributed by atoms with Gasteiger partial charge >= 0.3 is 0 Å². The number of hydrogen-bond donors (Lipinski definition) is 2. The molecule has 0 aliphatic heterocycles. The van der Waals surface area contributed by atoms with Gasteiger partial charge in [0.15, 0.2) is 0 Å². The van der Waals surface area contributed by atoms with Crippen molar-refractivity contribution in [3.05, 3.63) is 52.5 Å². The summed E-state index contributed by atoms with van der Waals surface area (Å²) in [4.78, 5) is 12.0. The Bertz CT molecular complexity index is 629. The fourth-order valence-electron chi connectivity index (χ4n) is 1.72. The van der Waals surface area contributed by atoms with Gasteiger partial charge in [-0.05, 0) is 37.3 Å².